The minimum atomic E-state index is -0.408. The maximum atomic E-state index is 13.9. The fourth-order valence-electron chi connectivity index (χ4n) is 2.34. The molecular weight excluding hydrogens is 243 g/mol. The van der Waals surface area contributed by atoms with Crippen LogP contribution in [0.4, 0.5) is 4.39 Å². The normalized spacial score (nSPS) is 17.9. The summed E-state index contributed by atoms with van der Waals surface area (Å²) in [6.45, 7) is 5.13. The molecule has 0 bridgehead atoms. The number of nitrogens with one attached hydrogen (secondary N) is 1. The van der Waals surface area contributed by atoms with Gasteiger partial charge in [-0.2, -0.15) is 5.26 Å². The number of halogens is 1. The molecule has 1 aliphatic heterocycles. The predicted molar refractivity (Wildman–Crippen MR) is 71.0 cm³/mol. The summed E-state index contributed by atoms with van der Waals surface area (Å²) in [5.74, 6) is -0.408. The van der Waals surface area contributed by atoms with Crippen molar-refractivity contribution in [2.24, 2.45) is 5.41 Å². The topological polar surface area (TPSA) is 45.0 Å². The fourth-order valence-corrected chi connectivity index (χ4v) is 2.34. The van der Waals surface area contributed by atoms with Gasteiger partial charge in [0.25, 0.3) is 0 Å². The van der Waals surface area contributed by atoms with Crippen molar-refractivity contribution in [3.05, 3.63) is 35.1 Å². The van der Waals surface area contributed by atoms with Crippen molar-refractivity contribution < 1.29 is 9.13 Å². The van der Waals surface area contributed by atoms with E-state index in [0.29, 0.717) is 12.1 Å². The second-order valence-electron chi connectivity index (χ2n) is 5.42. The van der Waals surface area contributed by atoms with Crippen LogP contribution in [0.3, 0.4) is 0 Å². The Morgan fingerprint density at radius 3 is 2.84 bits per heavy atom. The Hall–Kier alpha value is -1.44. The van der Waals surface area contributed by atoms with Gasteiger partial charge < -0.3 is 10.1 Å². The molecule has 0 saturated carbocycles. The van der Waals surface area contributed by atoms with Crippen LogP contribution in [0.5, 0.6) is 0 Å². The second kappa shape index (κ2) is 6.14. The summed E-state index contributed by atoms with van der Waals surface area (Å²) in [5, 5.41) is 12.1. The lowest BCUT2D eigenvalue weighted by molar-refractivity contribution is 0.0240. The largest absolute Gasteiger partial charge is 0.381 e. The molecule has 0 unspecified atom stereocenters. The van der Waals surface area contributed by atoms with Crippen LogP contribution in [0.25, 0.3) is 0 Å². The molecule has 1 heterocycles. The first-order chi connectivity index (χ1) is 9.14. The SMILES string of the molecule is CC1(CNCc2cccc(C#N)c2F)CCOCC1. The van der Waals surface area contributed by atoms with Crippen molar-refractivity contribution >= 4 is 0 Å². The summed E-state index contributed by atoms with van der Waals surface area (Å²) in [7, 11) is 0. The highest BCUT2D eigenvalue weighted by Crippen LogP contribution is 2.28. The molecule has 1 aromatic rings. The van der Waals surface area contributed by atoms with Gasteiger partial charge in [-0.3, -0.25) is 0 Å². The molecule has 1 aliphatic rings. The van der Waals surface area contributed by atoms with Crippen LogP contribution in [0, 0.1) is 22.6 Å². The first kappa shape index (κ1) is 14.0. The van der Waals surface area contributed by atoms with Crippen LogP contribution in [-0.2, 0) is 11.3 Å². The van der Waals surface area contributed by atoms with E-state index >= 15 is 0 Å². The minimum absolute atomic E-state index is 0.108. The molecule has 19 heavy (non-hydrogen) atoms. The molecule has 102 valence electrons. The lowest BCUT2D eigenvalue weighted by Crippen LogP contribution is -2.36. The average Bonchev–Trinajstić information content (AvgIpc) is 2.41. The Balaban J connectivity index is 1.91. The summed E-state index contributed by atoms with van der Waals surface area (Å²) in [4.78, 5) is 0. The Labute approximate surface area is 113 Å². The van der Waals surface area contributed by atoms with E-state index in [0.717, 1.165) is 32.6 Å². The molecule has 1 fully saturated rings. The Kier molecular flexibility index (Phi) is 4.52. The number of benzene rings is 1. The van der Waals surface area contributed by atoms with Crippen LogP contribution in [0.1, 0.15) is 30.9 Å². The van der Waals surface area contributed by atoms with E-state index in [2.05, 4.69) is 12.2 Å². The molecule has 3 nitrogen and oxygen atoms in total. The smallest absolute Gasteiger partial charge is 0.145 e. The summed E-state index contributed by atoms with van der Waals surface area (Å²) < 4.78 is 19.2. The van der Waals surface area contributed by atoms with Gasteiger partial charge in [-0.1, -0.05) is 19.1 Å². The van der Waals surface area contributed by atoms with Gasteiger partial charge in [-0.15, -0.1) is 0 Å². The molecule has 0 radical (unpaired) electrons. The Morgan fingerprint density at radius 2 is 2.16 bits per heavy atom. The third-order valence-corrected chi connectivity index (χ3v) is 3.77. The van der Waals surface area contributed by atoms with Gasteiger partial charge in [0.1, 0.15) is 11.9 Å². The molecule has 1 saturated heterocycles. The quantitative estimate of drug-likeness (QED) is 0.907. The van der Waals surface area contributed by atoms with Crippen LogP contribution in [0.2, 0.25) is 0 Å². The monoisotopic (exact) mass is 262 g/mol. The Bertz CT molecular complexity index is 476. The van der Waals surface area contributed by atoms with E-state index in [9.17, 15) is 4.39 Å². The van der Waals surface area contributed by atoms with Crippen molar-refractivity contribution in [1.82, 2.24) is 5.32 Å². The highest BCUT2D eigenvalue weighted by molar-refractivity contribution is 5.34. The highest BCUT2D eigenvalue weighted by atomic mass is 19.1. The molecule has 4 heteroatoms. The van der Waals surface area contributed by atoms with Crippen molar-refractivity contribution in [3.63, 3.8) is 0 Å². The van der Waals surface area contributed by atoms with Crippen molar-refractivity contribution in [3.8, 4) is 6.07 Å². The molecule has 2 rings (SSSR count). The Morgan fingerprint density at radius 1 is 1.42 bits per heavy atom. The molecule has 0 atom stereocenters. The molecule has 1 aromatic carbocycles. The number of hydrogen-bond donors (Lipinski definition) is 1. The maximum absolute atomic E-state index is 13.9. The van der Waals surface area contributed by atoms with Crippen molar-refractivity contribution in [1.29, 1.82) is 5.26 Å². The van der Waals surface area contributed by atoms with E-state index in [4.69, 9.17) is 10.00 Å². The van der Waals surface area contributed by atoms with Crippen LogP contribution < -0.4 is 5.32 Å². The molecular formula is C15H19FN2O. The summed E-state index contributed by atoms with van der Waals surface area (Å²) in [5.41, 5.74) is 0.882. The number of nitriles is 1. The first-order valence-corrected chi connectivity index (χ1v) is 6.61. The average molecular weight is 262 g/mol. The zero-order chi connectivity index (χ0) is 13.7. The lowest BCUT2D eigenvalue weighted by atomic mass is 9.82. The van der Waals surface area contributed by atoms with Crippen LogP contribution in [0.15, 0.2) is 18.2 Å². The van der Waals surface area contributed by atoms with Gasteiger partial charge in [-0.05, 0) is 24.3 Å². The number of hydrogen-bond acceptors (Lipinski definition) is 3. The number of rotatable bonds is 4. The number of ether oxygens (including phenoxy) is 1. The van der Waals surface area contributed by atoms with Crippen LogP contribution in [-0.4, -0.2) is 19.8 Å². The first-order valence-electron chi connectivity index (χ1n) is 6.61. The molecule has 0 spiro atoms. The minimum Gasteiger partial charge on any atom is -0.381 e. The highest BCUT2D eigenvalue weighted by Gasteiger charge is 2.26. The van der Waals surface area contributed by atoms with Gasteiger partial charge in [-0.25, -0.2) is 4.39 Å². The standard InChI is InChI=1S/C15H19FN2O/c1-15(5-7-19-8-6-15)11-18-10-13-4-2-3-12(9-17)14(13)16/h2-4,18H,5-8,10-11H2,1H3. The van der Waals surface area contributed by atoms with Crippen molar-refractivity contribution in [2.75, 3.05) is 19.8 Å². The maximum Gasteiger partial charge on any atom is 0.145 e. The fraction of sp³-hybridized carbons (Fsp3) is 0.533. The molecule has 0 amide bonds. The number of nitrogens with zero attached hydrogens (tertiary/aromatic N) is 1. The molecule has 1 N–H and O–H groups in total. The van der Waals surface area contributed by atoms with E-state index in [1.165, 1.54) is 6.07 Å². The molecule has 0 aliphatic carbocycles. The van der Waals surface area contributed by atoms with Gasteiger partial charge in [0, 0.05) is 31.9 Å². The summed E-state index contributed by atoms with van der Waals surface area (Å²) in [6.07, 6.45) is 2.06. The van der Waals surface area contributed by atoms with E-state index < -0.39 is 5.82 Å². The zero-order valence-electron chi connectivity index (χ0n) is 11.2. The second-order valence-corrected chi connectivity index (χ2v) is 5.42. The van der Waals surface area contributed by atoms with Gasteiger partial charge in [0.05, 0.1) is 5.56 Å². The van der Waals surface area contributed by atoms with Gasteiger partial charge >= 0.3 is 0 Å². The third-order valence-electron chi connectivity index (χ3n) is 3.77. The predicted octanol–water partition coefficient (Wildman–Crippen LogP) is 2.60. The van der Waals surface area contributed by atoms with Gasteiger partial charge in [0.2, 0.25) is 0 Å². The van der Waals surface area contributed by atoms with E-state index in [1.807, 2.05) is 6.07 Å². The summed E-state index contributed by atoms with van der Waals surface area (Å²) in [6, 6.07) is 6.80. The third kappa shape index (κ3) is 3.52. The molecule has 0 aromatic heterocycles. The van der Waals surface area contributed by atoms with Gasteiger partial charge in [0.15, 0.2) is 0 Å². The lowest BCUT2D eigenvalue weighted by Gasteiger charge is -2.33. The van der Waals surface area contributed by atoms with Crippen LogP contribution >= 0.6 is 0 Å². The van der Waals surface area contributed by atoms with E-state index in [1.54, 1.807) is 12.1 Å². The van der Waals surface area contributed by atoms with E-state index in [-0.39, 0.29) is 11.0 Å². The zero-order valence-corrected chi connectivity index (χ0v) is 11.2. The summed E-state index contributed by atoms with van der Waals surface area (Å²) >= 11 is 0. The van der Waals surface area contributed by atoms with Crippen molar-refractivity contribution in [2.45, 2.75) is 26.3 Å².